The second-order valence-corrected chi connectivity index (χ2v) is 8.29. The van der Waals surface area contributed by atoms with Crippen molar-refractivity contribution >= 4 is 10.0 Å². The fourth-order valence-electron chi connectivity index (χ4n) is 3.29. The van der Waals surface area contributed by atoms with E-state index in [2.05, 4.69) is 4.72 Å². The van der Waals surface area contributed by atoms with E-state index in [0.717, 1.165) is 22.3 Å². The minimum absolute atomic E-state index is 0.343. The summed E-state index contributed by atoms with van der Waals surface area (Å²) in [4.78, 5) is 0.343. The van der Waals surface area contributed by atoms with Crippen LogP contribution in [-0.4, -0.2) is 21.6 Å². The Balaban J connectivity index is 2.33. The fraction of sp³-hybridized carbons (Fsp3) is 0.429. The molecule has 0 unspecified atom stereocenters. The molecule has 0 heterocycles. The summed E-state index contributed by atoms with van der Waals surface area (Å²) >= 11 is 0. The van der Waals surface area contributed by atoms with Crippen LogP contribution in [0.2, 0.25) is 0 Å². The Morgan fingerprint density at radius 3 is 2.04 bits per heavy atom. The number of nitrogens with one attached hydrogen (secondary N) is 1. The van der Waals surface area contributed by atoms with Crippen LogP contribution in [0.25, 0.3) is 0 Å². The lowest BCUT2D eigenvalue weighted by Gasteiger charge is -2.19. The summed E-state index contributed by atoms with van der Waals surface area (Å²) in [5, 5.41) is 0. The van der Waals surface area contributed by atoms with Crippen LogP contribution >= 0.6 is 0 Å². The van der Waals surface area contributed by atoms with Gasteiger partial charge in [-0.25, -0.2) is 13.1 Å². The minimum atomic E-state index is -3.65. The average molecular weight is 392 g/mol. The average Bonchev–Trinajstić information content (AvgIpc) is 2.55. The minimum Gasteiger partial charge on any atom is -0.490 e. The second-order valence-electron chi connectivity index (χ2n) is 6.64. The van der Waals surface area contributed by atoms with Crippen LogP contribution in [0.4, 0.5) is 0 Å². The van der Waals surface area contributed by atoms with Crippen molar-refractivity contribution in [2.75, 3.05) is 13.2 Å². The standard InChI is InChI=1S/C21H29NO4S/c1-7-25-19-10-9-18(13-20(19)26-8-2)17(6)22-27(23,24)21-15(4)11-14(3)12-16(21)5/h9-13,17,22H,7-8H2,1-6H3/t17-/m1/s1. The zero-order valence-corrected chi connectivity index (χ0v) is 17.7. The molecule has 0 radical (unpaired) electrons. The SMILES string of the molecule is CCOc1ccc([C@@H](C)NS(=O)(=O)c2c(C)cc(C)cc2C)cc1OCC. The van der Waals surface area contributed by atoms with Crippen molar-refractivity contribution in [3.05, 3.63) is 52.6 Å². The van der Waals surface area contributed by atoms with Gasteiger partial charge in [0.1, 0.15) is 0 Å². The molecular weight excluding hydrogens is 362 g/mol. The van der Waals surface area contributed by atoms with E-state index in [1.165, 1.54) is 0 Å². The summed E-state index contributed by atoms with van der Waals surface area (Å²) in [5.74, 6) is 1.27. The summed E-state index contributed by atoms with van der Waals surface area (Å²) in [5.41, 5.74) is 3.35. The van der Waals surface area contributed by atoms with Gasteiger partial charge >= 0.3 is 0 Å². The molecule has 2 aromatic carbocycles. The van der Waals surface area contributed by atoms with E-state index >= 15 is 0 Å². The van der Waals surface area contributed by atoms with Crippen molar-refractivity contribution in [2.45, 2.75) is 52.5 Å². The lowest BCUT2D eigenvalue weighted by atomic mass is 10.1. The quantitative estimate of drug-likeness (QED) is 0.722. The predicted molar refractivity (Wildman–Crippen MR) is 108 cm³/mol. The van der Waals surface area contributed by atoms with Gasteiger partial charge < -0.3 is 9.47 Å². The largest absolute Gasteiger partial charge is 0.490 e. The molecule has 148 valence electrons. The Hall–Kier alpha value is -2.05. The van der Waals surface area contributed by atoms with E-state index in [-0.39, 0.29) is 0 Å². The van der Waals surface area contributed by atoms with Crippen molar-refractivity contribution in [1.82, 2.24) is 4.72 Å². The molecule has 0 amide bonds. The molecule has 2 rings (SSSR count). The van der Waals surface area contributed by atoms with E-state index in [0.29, 0.717) is 29.6 Å². The molecule has 0 spiro atoms. The molecule has 0 bridgehead atoms. The van der Waals surface area contributed by atoms with Crippen molar-refractivity contribution in [1.29, 1.82) is 0 Å². The normalized spacial score (nSPS) is 12.7. The molecule has 0 aliphatic carbocycles. The zero-order chi connectivity index (χ0) is 20.2. The van der Waals surface area contributed by atoms with Gasteiger partial charge in [-0.3, -0.25) is 0 Å². The molecular formula is C21H29NO4S. The highest BCUT2D eigenvalue weighted by atomic mass is 32.2. The highest BCUT2D eigenvalue weighted by molar-refractivity contribution is 7.89. The molecule has 5 nitrogen and oxygen atoms in total. The third kappa shape index (κ3) is 5.02. The third-order valence-corrected chi connectivity index (χ3v) is 6.12. The van der Waals surface area contributed by atoms with Crippen LogP contribution in [-0.2, 0) is 10.0 Å². The summed E-state index contributed by atoms with van der Waals surface area (Å²) in [6, 6.07) is 8.86. The monoisotopic (exact) mass is 391 g/mol. The van der Waals surface area contributed by atoms with E-state index in [4.69, 9.17) is 9.47 Å². The van der Waals surface area contributed by atoms with Gasteiger partial charge in [-0.2, -0.15) is 0 Å². The number of rotatable bonds is 8. The highest BCUT2D eigenvalue weighted by Crippen LogP contribution is 2.31. The first-order chi connectivity index (χ1) is 12.7. The molecule has 0 saturated carbocycles. The molecule has 0 aromatic heterocycles. The highest BCUT2D eigenvalue weighted by Gasteiger charge is 2.23. The van der Waals surface area contributed by atoms with Crippen LogP contribution in [0.1, 0.15) is 49.1 Å². The third-order valence-electron chi connectivity index (χ3n) is 4.27. The summed E-state index contributed by atoms with van der Waals surface area (Å²) < 4.78 is 40.0. The Bertz CT molecular complexity index is 883. The molecule has 0 saturated heterocycles. The Morgan fingerprint density at radius 2 is 1.48 bits per heavy atom. The van der Waals surface area contributed by atoms with E-state index < -0.39 is 16.1 Å². The number of aryl methyl sites for hydroxylation is 3. The second kappa shape index (κ2) is 8.76. The Morgan fingerprint density at radius 1 is 0.926 bits per heavy atom. The fourth-order valence-corrected chi connectivity index (χ4v) is 4.97. The Kier molecular flexibility index (Phi) is 6.89. The van der Waals surface area contributed by atoms with Gasteiger partial charge in [-0.1, -0.05) is 23.8 Å². The molecule has 2 aromatic rings. The first-order valence-electron chi connectivity index (χ1n) is 9.19. The van der Waals surface area contributed by atoms with Gasteiger partial charge in [-0.05, 0) is 70.4 Å². The summed E-state index contributed by atoms with van der Waals surface area (Å²) in [7, 11) is -3.65. The van der Waals surface area contributed by atoms with Crippen molar-refractivity contribution in [3.63, 3.8) is 0 Å². The van der Waals surface area contributed by atoms with Gasteiger partial charge in [-0.15, -0.1) is 0 Å². The number of ether oxygens (including phenoxy) is 2. The van der Waals surface area contributed by atoms with Gasteiger partial charge in [0, 0.05) is 6.04 Å². The van der Waals surface area contributed by atoms with Crippen LogP contribution in [0, 0.1) is 20.8 Å². The first kappa shape index (κ1) is 21.3. The molecule has 0 aliphatic heterocycles. The zero-order valence-electron chi connectivity index (χ0n) is 16.9. The lowest BCUT2D eigenvalue weighted by Crippen LogP contribution is -2.28. The van der Waals surface area contributed by atoms with Crippen LogP contribution < -0.4 is 14.2 Å². The molecule has 0 fully saturated rings. The molecule has 6 heteroatoms. The van der Waals surface area contributed by atoms with Gasteiger partial charge in [0.05, 0.1) is 18.1 Å². The lowest BCUT2D eigenvalue weighted by molar-refractivity contribution is 0.287. The molecule has 0 aliphatic rings. The van der Waals surface area contributed by atoms with E-state index in [9.17, 15) is 8.42 Å². The summed E-state index contributed by atoms with van der Waals surface area (Å²) in [6.07, 6.45) is 0. The van der Waals surface area contributed by atoms with E-state index in [1.807, 2.05) is 71.9 Å². The van der Waals surface area contributed by atoms with Gasteiger partial charge in [0.25, 0.3) is 0 Å². The molecule has 1 atom stereocenters. The van der Waals surface area contributed by atoms with Crippen LogP contribution in [0.3, 0.4) is 0 Å². The number of benzene rings is 2. The van der Waals surface area contributed by atoms with Crippen LogP contribution in [0.5, 0.6) is 11.5 Å². The maximum atomic E-state index is 13.0. The van der Waals surface area contributed by atoms with Crippen molar-refractivity contribution in [3.8, 4) is 11.5 Å². The predicted octanol–water partition coefficient (Wildman–Crippen LogP) is 4.45. The topological polar surface area (TPSA) is 64.6 Å². The maximum Gasteiger partial charge on any atom is 0.241 e. The smallest absolute Gasteiger partial charge is 0.241 e. The van der Waals surface area contributed by atoms with Crippen LogP contribution in [0.15, 0.2) is 35.2 Å². The molecule has 27 heavy (non-hydrogen) atoms. The number of hydrogen-bond acceptors (Lipinski definition) is 4. The number of sulfonamides is 1. The molecule has 1 N–H and O–H groups in total. The van der Waals surface area contributed by atoms with Crippen molar-refractivity contribution < 1.29 is 17.9 Å². The first-order valence-corrected chi connectivity index (χ1v) is 10.7. The van der Waals surface area contributed by atoms with Gasteiger partial charge in [0.15, 0.2) is 11.5 Å². The maximum absolute atomic E-state index is 13.0. The van der Waals surface area contributed by atoms with Gasteiger partial charge in [0.2, 0.25) is 10.0 Å². The Labute approximate surface area is 162 Å². The van der Waals surface area contributed by atoms with Crippen molar-refractivity contribution in [2.24, 2.45) is 0 Å². The van der Waals surface area contributed by atoms with E-state index in [1.54, 1.807) is 0 Å². The number of hydrogen-bond donors (Lipinski definition) is 1. The summed E-state index contributed by atoms with van der Waals surface area (Å²) in [6.45, 7) is 12.3.